The molecular formula is C17H19BrFNO. The van der Waals surface area contributed by atoms with E-state index in [0.717, 1.165) is 21.3 Å². The predicted molar refractivity (Wildman–Crippen MR) is 87.0 cm³/mol. The molecule has 0 radical (unpaired) electrons. The van der Waals surface area contributed by atoms with Crippen LogP contribution in [0.1, 0.15) is 24.5 Å². The van der Waals surface area contributed by atoms with E-state index in [2.05, 4.69) is 15.9 Å². The van der Waals surface area contributed by atoms with E-state index in [0.29, 0.717) is 12.8 Å². The Balaban J connectivity index is 2.40. The molecule has 2 N–H and O–H groups in total. The van der Waals surface area contributed by atoms with Gasteiger partial charge in [0.25, 0.3) is 0 Å². The van der Waals surface area contributed by atoms with E-state index in [1.165, 1.54) is 12.1 Å². The van der Waals surface area contributed by atoms with E-state index in [1.54, 1.807) is 13.2 Å². The van der Waals surface area contributed by atoms with Crippen molar-refractivity contribution in [1.29, 1.82) is 0 Å². The van der Waals surface area contributed by atoms with Gasteiger partial charge < -0.3 is 10.5 Å². The standard InChI is InChI=1S/C17H19BrFNO/c1-3-17(20,13-5-4-6-15(19)10-13)11-12-9-14(18)7-8-16(12)21-2/h4-10H,3,11,20H2,1-2H3. The van der Waals surface area contributed by atoms with Crippen LogP contribution in [0.4, 0.5) is 4.39 Å². The summed E-state index contributed by atoms with van der Waals surface area (Å²) in [7, 11) is 1.64. The minimum atomic E-state index is -0.629. The highest BCUT2D eigenvalue weighted by atomic mass is 79.9. The molecule has 0 aliphatic carbocycles. The summed E-state index contributed by atoms with van der Waals surface area (Å²) >= 11 is 3.47. The molecule has 21 heavy (non-hydrogen) atoms. The van der Waals surface area contributed by atoms with Gasteiger partial charge in [0.2, 0.25) is 0 Å². The Hall–Kier alpha value is -1.39. The number of hydrogen-bond donors (Lipinski definition) is 1. The third kappa shape index (κ3) is 3.63. The molecule has 2 aromatic rings. The van der Waals surface area contributed by atoms with Crippen LogP contribution in [-0.4, -0.2) is 7.11 Å². The largest absolute Gasteiger partial charge is 0.496 e. The molecule has 4 heteroatoms. The SMILES string of the molecule is CCC(N)(Cc1cc(Br)ccc1OC)c1cccc(F)c1. The van der Waals surface area contributed by atoms with Gasteiger partial charge in [-0.15, -0.1) is 0 Å². The number of hydrogen-bond acceptors (Lipinski definition) is 2. The number of benzene rings is 2. The van der Waals surface area contributed by atoms with Crippen molar-refractivity contribution in [1.82, 2.24) is 0 Å². The van der Waals surface area contributed by atoms with Gasteiger partial charge in [-0.05, 0) is 54.3 Å². The summed E-state index contributed by atoms with van der Waals surface area (Å²) in [5.74, 6) is 0.523. The zero-order valence-corrected chi connectivity index (χ0v) is 13.8. The minimum absolute atomic E-state index is 0.267. The Bertz CT molecular complexity index is 632. The van der Waals surface area contributed by atoms with Gasteiger partial charge in [0.15, 0.2) is 0 Å². The average molecular weight is 352 g/mol. The van der Waals surface area contributed by atoms with Gasteiger partial charge in [-0.25, -0.2) is 4.39 Å². The van der Waals surface area contributed by atoms with Crippen LogP contribution < -0.4 is 10.5 Å². The van der Waals surface area contributed by atoms with Gasteiger partial charge in [0.1, 0.15) is 11.6 Å². The smallest absolute Gasteiger partial charge is 0.123 e. The van der Waals surface area contributed by atoms with Crippen LogP contribution >= 0.6 is 15.9 Å². The van der Waals surface area contributed by atoms with Crippen molar-refractivity contribution in [3.8, 4) is 5.75 Å². The molecule has 2 nitrogen and oxygen atoms in total. The molecule has 0 saturated heterocycles. The lowest BCUT2D eigenvalue weighted by Crippen LogP contribution is -2.38. The van der Waals surface area contributed by atoms with Crippen LogP contribution in [0, 0.1) is 5.82 Å². The molecule has 0 heterocycles. The van der Waals surface area contributed by atoms with E-state index < -0.39 is 5.54 Å². The molecule has 0 aliphatic rings. The highest BCUT2D eigenvalue weighted by Crippen LogP contribution is 2.32. The second-order valence-corrected chi connectivity index (χ2v) is 6.07. The molecule has 1 unspecified atom stereocenters. The predicted octanol–water partition coefficient (Wildman–Crippen LogP) is 4.40. The van der Waals surface area contributed by atoms with Gasteiger partial charge in [0.05, 0.1) is 7.11 Å². The lowest BCUT2D eigenvalue weighted by Gasteiger charge is -2.30. The molecule has 0 fully saturated rings. The highest BCUT2D eigenvalue weighted by Gasteiger charge is 2.27. The summed E-state index contributed by atoms with van der Waals surface area (Å²) in [4.78, 5) is 0. The van der Waals surface area contributed by atoms with E-state index in [-0.39, 0.29) is 5.82 Å². The molecule has 0 bridgehead atoms. The molecule has 2 aromatic carbocycles. The first kappa shape index (κ1) is 16.0. The molecule has 1 atom stereocenters. The molecular weight excluding hydrogens is 333 g/mol. The molecule has 0 saturated carbocycles. The average Bonchev–Trinajstić information content (AvgIpc) is 2.47. The quantitative estimate of drug-likeness (QED) is 0.866. The van der Waals surface area contributed by atoms with Crippen LogP contribution in [0.5, 0.6) is 5.75 Å². The number of nitrogens with two attached hydrogens (primary N) is 1. The Morgan fingerprint density at radius 3 is 2.62 bits per heavy atom. The summed E-state index contributed by atoms with van der Waals surface area (Å²) in [5, 5.41) is 0. The Kier molecular flexibility index (Phi) is 5.01. The van der Waals surface area contributed by atoms with Crippen LogP contribution in [0.25, 0.3) is 0 Å². The molecule has 0 amide bonds. The Morgan fingerprint density at radius 1 is 1.24 bits per heavy atom. The second kappa shape index (κ2) is 6.58. The van der Waals surface area contributed by atoms with Gasteiger partial charge in [0, 0.05) is 10.0 Å². The highest BCUT2D eigenvalue weighted by molar-refractivity contribution is 9.10. The van der Waals surface area contributed by atoms with Crippen LogP contribution in [-0.2, 0) is 12.0 Å². The van der Waals surface area contributed by atoms with E-state index in [1.807, 2.05) is 31.2 Å². The molecule has 0 aliphatic heterocycles. The van der Waals surface area contributed by atoms with Gasteiger partial charge in [-0.2, -0.15) is 0 Å². The van der Waals surface area contributed by atoms with E-state index in [9.17, 15) is 4.39 Å². The third-order valence-electron chi connectivity index (χ3n) is 3.78. The fourth-order valence-electron chi connectivity index (χ4n) is 2.45. The first-order chi connectivity index (χ1) is 9.98. The van der Waals surface area contributed by atoms with Gasteiger partial charge in [-0.3, -0.25) is 0 Å². The summed E-state index contributed by atoms with van der Waals surface area (Å²) in [6.07, 6.45) is 1.28. The van der Waals surface area contributed by atoms with Gasteiger partial charge >= 0.3 is 0 Å². The molecule has 2 rings (SSSR count). The van der Waals surface area contributed by atoms with Crippen molar-refractivity contribution in [2.24, 2.45) is 5.73 Å². The topological polar surface area (TPSA) is 35.2 Å². The number of rotatable bonds is 5. The van der Waals surface area contributed by atoms with E-state index in [4.69, 9.17) is 10.5 Å². The maximum Gasteiger partial charge on any atom is 0.123 e. The summed E-state index contributed by atoms with van der Waals surface area (Å²) in [5.41, 5.74) is 7.73. The molecule has 0 spiro atoms. The van der Waals surface area contributed by atoms with Crippen molar-refractivity contribution in [3.05, 3.63) is 63.9 Å². The lowest BCUT2D eigenvalue weighted by molar-refractivity contribution is 0.385. The fraction of sp³-hybridized carbons (Fsp3) is 0.294. The van der Waals surface area contributed by atoms with E-state index >= 15 is 0 Å². The minimum Gasteiger partial charge on any atom is -0.496 e. The zero-order chi connectivity index (χ0) is 15.5. The summed E-state index contributed by atoms with van der Waals surface area (Å²) in [6.45, 7) is 2.01. The zero-order valence-electron chi connectivity index (χ0n) is 12.2. The molecule has 0 aromatic heterocycles. The summed E-state index contributed by atoms with van der Waals surface area (Å²) in [6, 6.07) is 12.3. The van der Waals surface area contributed by atoms with Crippen LogP contribution in [0.3, 0.4) is 0 Å². The fourth-order valence-corrected chi connectivity index (χ4v) is 2.86. The van der Waals surface area contributed by atoms with Crippen molar-refractivity contribution in [2.45, 2.75) is 25.3 Å². The second-order valence-electron chi connectivity index (χ2n) is 5.15. The Morgan fingerprint density at radius 2 is 2.00 bits per heavy atom. The van der Waals surface area contributed by atoms with Crippen molar-refractivity contribution >= 4 is 15.9 Å². The Labute approximate surface area is 133 Å². The first-order valence-corrected chi connectivity index (χ1v) is 7.65. The summed E-state index contributed by atoms with van der Waals surface area (Å²) < 4.78 is 19.9. The third-order valence-corrected chi connectivity index (χ3v) is 4.27. The van der Waals surface area contributed by atoms with Crippen LogP contribution in [0.2, 0.25) is 0 Å². The van der Waals surface area contributed by atoms with Crippen LogP contribution in [0.15, 0.2) is 46.9 Å². The maximum atomic E-state index is 13.5. The molecule has 112 valence electrons. The lowest BCUT2D eigenvalue weighted by atomic mass is 9.82. The number of methoxy groups -OCH3 is 1. The van der Waals surface area contributed by atoms with Crippen molar-refractivity contribution < 1.29 is 9.13 Å². The monoisotopic (exact) mass is 351 g/mol. The maximum absolute atomic E-state index is 13.5. The normalized spacial score (nSPS) is 13.8. The van der Waals surface area contributed by atoms with Crippen molar-refractivity contribution in [3.63, 3.8) is 0 Å². The number of ether oxygens (including phenoxy) is 1. The van der Waals surface area contributed by atoms with Gasteiger partial charge in [-0.1, -0.05) is 35.0 Å². The number of halogens is 2. The first-order valence-electron chi connectivity index (χ1n) is 6.86. The van der Waals surface area contributed by atoms with Crippen molar-refractivity contribution in [2.75, 3.05) is 7.11 Å².